The molecule has 5 aliphatic carbocycles. The minimum absolute atomic E-state index is 0.0489. The predicted octanol–water partition coefficient (Wildman–Crippen LogP) is 8.32. The maximum atomic E-state index is 15.4. The monoisotopic (exact) mass is 568 g/mol. The molecule has 0 amide bonds. The fourth-order valence-corrected chi connectivity index (χ4v) is 9.88. The predicted molar refractivity (Wildman–Crippen MR) is 167 cm³/mol. The Morgan fingerprint density at radius 2 is 1.55 bits per heavy atom. The van der Waals surface area contributed by atoms with Crippen molar-refractivity contribution in [1.82, 2.24) is 0 Å². The Morgan fingerprint density at radius 3 is 2.14 bits per heavy atom. The summed E-state index contributed by atoms with van der Waals surface area (Å²) >= 11 is 0. The van der Waals surface area contributed by atoms with Crippen LogP contribution < -0.4 is 0 Å². The number of hydrogen-bond donors (Lipinski definition) is 0. The minimum Gasteiger partial charge on any atom is -0.297 e. The smallest absolute Gasteiger partial charge is 0.184 e. The zero-order valence-corrected chi connectivity index (χ0v) is 26.9. The summed E-state index contributed by atoms with van der Waals surface area (Å²) in [4.78, 5) is 60.6. The Bertz CT molecular complexity index is 1430. The van der Waals surface area contributed by atoms with Gasteiger partial charge in [0.2, 0.25) is 0 Å². The first kappa shape index (κ1) is 30.6. The van der Waals surface area contributed by atoms with Crippen LogP contribution in [0.15, 0.2) is 65.8 Å². The number of benzene rings is 1. The molecule has 5 saturated carbocycles. The summed E-state index contributed by atoms with van der Waals surface area (Å²) in [6.45, 7) is 20.7. The van der Waals surface area contributed by atoms with Gasteiger partial charge in [-0.2, -0.15) is 0 Å². The molecule has 0 radical (unpaired) electrons. The van der Waals surface area contributed by atoms with Crippen LogP contribution in [0.3, 0.4) is 0 Å². The summed E-state index contributed by atoms with van der Waals surface area (Å²) < 4.78 is 0. The number of carbonyl (C=O) groups is 4. The van der Waals surface area contributed by atoms with Crippen LogP contribution in [0.4, 0.5) is 0 Å². The summed E-state index contributed by atoms with van der Waals surface area (Å²) in [5.74, 6) is -1.94. The van der Waals surface area contributed by atoms with Crippen LogP contribution in [-0.4, -0.2) is 23.1 Å². The minimum atomic E-state index is -1.90. The molecule has 1 aromatic carbocycles. The fourth-order valence-electron chi connectivity index (χ4n) is 9.88. The van der Waals surface area contributed by atoms with Crippen molar-refractivity contribution in [2.75, 3.05) is 0 Å². The van der Waals surface area contributed by atoms with Gasteiger partial charge >= 0.3 is 0 Å². The first-order chi connectivity index (χ1) is 19.5. The molecule has 6 rings (SSSR count). The molecule has 224 valence electrons. The number of carbonyl (C=O) groups excluding carboxylic acids is 4. The van der Waals surface area contributed by atoms with Gasteiger partial charge in [0.05, 0.1) is 10.8 Å². The Morgan fingerprint density at radius 1 is 0.905 bits per heavy atom. The molecule has 0 heterocycles. The van der Waals surface area contributed by atoms with Gasteiger partial charge in [-0.1, -0.05) is 93.5 Å². The molecule has 4 nitrogen and oxygen atoms in total. The summed E-state index contributed by atoms with van der Waals surface area (Å²) in [6, 6.07) is 8.80. The van der Waals surface area contributed by atoms with Gasteiger partial charge in [-0.25, -0.2) is 0 Å². The highest BCUT2D eigenvalue weighted by atomic mass is 16.2. The van der Waals surface area contributed by atoms with Crippen molar-refractivity contribution in [2.45, 2.75) is 93.9 Å². The molecule has 6 atom stereocenters. The van der Waals surface area contributed by atoms with Crippen LogP contribution in [0.25, 0.3) is 0 Å². The van der Waals surface area contributed by atoms with Gasteiger partial charge in [0, 0.05) is 5.56 Å². The lowest BCUT2D eigenvalue weighted by Gasteiger charge is -2.60. The van der Waals surface area contributed by atoms with Crippen LogP contribution in [0.5, 0.6) is 0 Å². The average molecular weight is 569 g/mol. The molecule has 5 aliphatic rings. The highest BCUT2D eigenvalue weighted by Gasteiger charge is 2.86. The SMILES string of the molecule is C=C(C)[C@@H]1C[C@]23C(=O)[C@]4(CC=C(C)CCC=C(C)C)C[C@H](C[C@@H]2C1(C)C)C(C)(C)[C@@](C(=O)c1ccccc1)(C4=O)C3=O. The molecule has 4 heteroatoms. The molecule has 0 N–H and O–H groups in total. The van der Waals surface area contributed by atoms with Crippen molar-refractivity contribution in [3.8, 4) is 0 Å². The number of ketones is 4. The fraction of sp³-hybridized carbons (Fsp3) is 0.579. The first-order valence-electron chi connectivity index (χ1n) is 15.7. The Labute approximate surface area is 252 Å². The second kappa shape index (κ2) is 9.82. The molecule has 1 aromatic rings. The molecule has 1 spiro atoms. The van der Waals surface area contributed by atoms with Crippen LogP contribution >= 0.6 is 0 Å². The van der Waals surface area contributed by atoms with E-state index in [-0.39, 0.29) is 35.4 Å². The van der Waals surface area contributed by atoms with E-state index in [0.29, 0.717) is 24.8 Å². The maximum absolute atomic E-state index is 15.4. The van der Waals surface area contributed by atoms with E-state index < -0.39 is 39.0 Å². The highest BCUT2D eigenvalue weighted by molar-refractivity contribution is 6.42. The van der Waals surface area contributed by atoms with Gasteiger partial charge in [0.25, 0.3) is 0 Å². The number of Topliss-reactive ketones (excluding diaryl/α,β-unsaturated/α-hetero) is 4. The third kappa shape index (κ3) is 3.72. The van der Waals surface area contributed by atoms with E-state index in [0.717, 1.165) is 24.0 Å². The quantitative estimate of drug-likeness (QED) is 0.180. The molecule has 0 saturated heterocycles. The van der Waals surface area contributed by atoms with Gasteiger partial charge < -0.3 is 0 Å². The van der Waals surface area contributed by atoms with E-state index in [9.17, 15) is 4.79 Å². The molecule has 0 unspecified atom stereocenters. The molecule has 4 bridgehead atoms. The van der Waals surface area contributed by atoms with Crippen molar-refractivity contribution in [1.29, 1.82) is 0 Å². The summed E-state index contributed by atoms with van der Waals surface area (Å²) in [6.07, 6.45) is 7.63. The van der Waals surface area contributed by atoms with Crippen molar-refractivity contribution in [2.24, 2.45) is 44.8 Å². The van der Waals surface area contributed by atoms with Crippen molar-refractivity contribution in [3.05, 3.63) is 71.3 Å². The lowest BCUT2D eigenvalue weighted by Crippen LogP contribution is -2.75. The number of hydrogen-bond acceptors (Lipinski definition) is 4. The van der Waals surface area contributed by atoms with Gasteiger partial charge in [0.15, 0.2) is 28.5 Å². The zero-order valence-electron chi connectivity index (χ0n) is 26.9. The van der Waals surface area contributed by atoms with Crippen LogP contribution in [0, 0.1) is 44.8 Å². The average Bonchev–Trinajstić information content (AvgIpc) is 3.07. The second-order valence-electron chi connectivity index (χ2n) is 15.4. The molecule has 0 aliphatic heterocycles. The first-order valence-corrected chi connectivity index (χ1v) is 15.7. The van der Waals surface area contributed by atoms with E-state index in [1.54, 1.807) is 24.3 Å². The van der Waals surface area contributed by atoms with E-state index in [1.165, 1.54) is 5.57 Å². The largest absolute Gasteiger partial charge is 0.297 e. The molecule has 0 aromatic heterocycles. The van der Waals surface area contributed by atoms with E-state index in [1.807, 2.05) is 26.8 Å². The van der Waals surface area contributed by atoms with E-state index in [4.69, 9.17) is 0 Å². The van der Waals surface area contributed by atoms with Crippen LogP contribution in [-0.2, 0) is 14.4 Å². The Kier molecular flexibility index (Phi) is 7.15. The van der Waals surface area contributed by atoms with Crippen molar-refractivity contribution in [3.63, 3.8) is 0 Å². The number of allylic oxidation sites excluding steroid dienone is 5. The normalized spacial score (nSPS) is 36.0. The summed E-state index contributed by atoms with van der Waals surface area (Å²) in [5, 5.41) is 0. The van der Waals surface area contributed by atoms with Gasteiger partial charge in [-0.05, 0) is 94.8 Å². The third-order valence-electron chi connectivity index (χ3n) is 12.2. The van der Waals surface area contributed by atoms with Crippen molar-refractivity contribution >= 4 is 23.1 Å². The molecular formula is C38H48O4. The van der Waals surface area contributed by atoms with Gasteiger partial charge in [-0.15, -0.1) is 0 Å². The lowest BCUT2D eigenvalue weighted by molar-refractivity contribution is -0.181. The molecule has 42 heavy (non-hydrogen) atoms. The highest BCUT2D eigenvalue weighted by Crippen LogP contribution is 2.77. The Balaban J connectivity index is 1.77. The maximum Gasteiger partial charge on any atom is 0.184 e. The number of rotatable bonds is 8. The standard InChI is InChI=1S/C38H48O4/c1-23(2)14-13-15-25(5)18-19-36-21-27-20-29-34(6,7)28(24(3)4)22-37(29,31(36)40)33(42)38(32(36)41,35(27,8)9)30(39)26-16-11-10-12-17-26/h10-12,14,16-18,27-29H,3,13,15,19-22H2,1-2,4-9H3/t27-,28-,29+,36-,37+,38-/m0/s1. The van der Waals surface area contributed by atoms with Crippen LogP contribution in [0.2, 0.25) is 0 Å². The topological polar surface area (TPSA) is 68.3 Å². The second-order valence-corrected chi connectivity index (χ2v) is 15.4. The van der Waals surface area contributed by atoms with E-state index >= 15 is 14.4 Å². The van der Waals surface area contributed by atoms with Crippen molar-refractivity contribution < 1.29 is 19.2 Å². The third-order valence-corrected chi connectivity index (χ3v) is 12.2. The molecule has 5 fully saturated rings. The lowest BCUT2D eigenvalue weighted by atomic mass is 9.37. The summed E-state index contributed by atoms with van der Waals surface area (Å²) in [7, 11) is 0. The molecular weight excluding hydrogens is 520 g/mol. The summed E-state index contributed by atoms with van der Waals surface area (Å²) in [5.41, 5.74) is -2.25. The van der Waals surface area contributed by atoms with Crippen LogP contribution in [0.1, 0.15) is 104 Å². The Hall–Kier alpha value is -2.88. The van der Waals surface area contributed by atoms with Gasteiger partial charge in [0.1, 0.15) is 0 Å². The van der Waals surface area contributed by atoms with E-state index in [2.05, 4.69) is 53.3 Å². The zero-order chi connectivity index (χ0) is 31.0. The van der Waals surface area contributed by atoms with Gasteiger partial charge in [-0.3, -0.25) is 19.2 Å².